The lowest BCUT2D eigenvalue weighted by atomic mass is 9.82. The van der Waals surface area contributed by atoms with Gasteiger partial charge in [-0.2, -0.15) is 0 Å². The van der Waals surface area contributed by atoms with Crippen LogP contribution >= 0.6 is 0 Å². The van der Waals surface area contributed by atoms with Gasteiger partial charge in [-0.1, -0.05) is 13.8 Å². The summed E-state index contributed by atoms with van der Waals surface area (Å²) in [6.45, 7) is 18.3. The summed E-state index contributed by atoms with van der Waals surface area (Å²) in [6.07, 6.45) is 5.82. The molecule has 3 aromatic rings. The number of halogens is 1. The molecule has 1 N–H and O–H groups in total. The lowest BCUT2D eigenvalue weighted by Gasteiger charge is -2.40. The van der Waals surface area contributed by atoms with Crippen molar-refractivity contribution < 1.29 is 28.5 Å². The predicted octanol–water partition coefficient (Wildman–Crippen LogP) is 7.01. The van der Waals surface area contributed by atoms with Crippen LogP contribution in [0.4, 0.5) is 15.8 Å². The number of anilines is 2. The number of ether oxygens (including phenoxy) is 3. The SMILES string of the molecule is CC(C)(C)O.COc1cc(F)ccc1OCCN(C)c1ccc(-c2cnc(C)c(CC(=O)OC(C)C)c2N2CCC(C)(C)CC2)nc1. The molecule has 258 valence electrons. The van der Waals surface area contributed by atoms with E-state index in [0.717, 1.165) is 59.8 Å². The maximum absolute atomic E-state index is 13.5. The fourth-order valence-electron chi connectivity index (χ4n) is 5.13. The van der Waals surface area contributed by atoms with Gasteiger partial charge in [0.1, 0.15) is 12.4 Å². The van der Waals surface area contributed by atoms with Crippen molar-refractivity contribution in [3.05, 3.63) is 59.8 Å². The van der Waals surface area contributed by atoms with Gasteiger partial charge in [0.25, 0.3) is 0 Å². The quantitative estimate of drug-likeness (QED) is 0.219. The third-order valence-electron chi connectivity index (χ3n) is 7.76. The Morgan fingerprint density at radius 2 is 1.74 bits per heavy atom. The van der Waals surface area contributed by atoms with Gasteiger partial charge in [0.15, 0.2) is 11.5 Å². The van der Waals surface area contributed by atoms with Crippen LogP contribution in [0.25, 0.3) is 11.3 Å². The maximum atomic E-state index is 13.5. The van der Waals surface area contributed by atoms with Crippen LogP contribution in [0.1, 0.15) is 72.6 Å². The molecule has 10 heteroatoms. The van der Waals surface area contributed by atoms with E-state index in [1.165, 1.54) is 19.2 Å². The summed E-state index contributed by atoms with van der Waals surface area (Å²) in [5.41, 5.74) is 5.16. The van der Waals surface area contributed by atoms with Crippen molar-refractivity contribution in [2.24, 2.45) is 5.41 Å². The molecule has 0 aliphatic carbocycles. The van der Waals surface area contributed by atoms with Crippen LogP contribution in [0.2, 0.25) is 0 Å². The van der Waals surface area contributed by atoms with Gasteiger partial charge in [-0.25, -0.2) is 4.39 Å². The summed E-state index contributed by atoms with van der Waals surface area (Å²) >= 11 is 0. The molecule has 9 nitrogen and oxygen atoms in total. The van der Waals surface area contributed by atoms with E-state index in [4.69, 9.17) is 24.3 Å². The van der Waals surface area contributed by atoms with Crippen molar-refractivity contribution >= 4 is 17.3 Å². The second kappa shape index (κ2) is 16.3. The molecule has 1 aliphatic heterocycles. The zero-order valence-electron chi connectivity index (χ0n) is 29.8. The molecule has 0 spiro atoms. The standard InChI is InChI=1S/C33H43FN4O4.C4H10O/c1-22(2)42-31(39)19-26-23(3)35-21-27(32(26)38-14-12-33(4,5)13-15-38)28-10-9-25(20-36-28)37(6)16-17-41-29-11-8-24(34)18-30(29)40-7;1-4(2,3)5/h8-11,18,20-22H,12-17,19H2,1-7H3;5H,1-3H3. The fraction of sp³-hybridized carbons (Fsp3) is 0.541. The number of methoxy groups -OCH3 is 1. The molecular formula is C37H53FN4O5. The van der Waals surface area contributed by atoms with Crippen molar-refractivity contribution in [2.45, 2.75) is 86.4 Å². The number of rotatable bonds is 11. The number of esters is 1. The Kier molecular flexibility index (Phi) is 13.0. The average Bonchev–Trinajstić information content (AvgIpc) is 2.98. The zero-order chi connectivity index (χ0) is 34.9. The van der Waals surface area contributed by atoms with Crippen LogP contribution in [0.3, 0.4) is 0 Å². The Morgan fingerprint density at radius 1 is 1.09 bits per heavy atom. The molecule has 0 atom stereocenters. The molecule has 1 fully saturated rings. The fourth-order valence-corrected chi connectivity index (χ4v) is 5.13. The summed E-state index contributed by atoms with van der Waals surface area (Å²) in [4.78, 5) is 26.7. The van der Waals surface area contributed by atoms with E-state index in [1.807, 2.05) is 57.2 Å². The summed E-state index contributed by atoms with van der Waals surface area (Å²) in [5, 5.41) is 8.52. The van der Waals surface area contributed by atoms with Gasteiger partial charge in [-0.15, -0.1) is 0 Å². The number of aryl methyl sites for hydroxylation is 1. The Hall–Kier alpha value is -3.92. The number of piperidine rings is 1. The number of carbonyl (C=O) groups is 1. The zero-order valence-corrected chi connectivity index (χ0v) is 29.8. The number of aliphatic hydroxyl groups is 1. The van der Waals surface area contributed by atoms with E-state index in [2.05, 4.69) is 23.7 Å². The second-order valence-corrected chi connectivity index (χ2v) is 14.1. The highest BCUT2D eigenvalue weighted by molar-refractivity contribution is 5.84. The van der Waals surface area contributed by atoms with Crippen molar-refractivity contribution in [3.8, 4) is 22.8 Å². The van der Waals surface area contributed by atoms with Crippen LogP contribution in [-0.2, 0) is 16.0 Å². The van der Waals surface area contributed by atoms with E-state index in [-0.39, 0.29) is 29.7 Å². The minimum atomic E-state index is -0.500. The Labute approximate surface area is 280 Å². The van der Waals surface area contributed by atoms with Crippen LogP contribution in [-0.4, -0.2) is 73.1 Å². The summed E-state index contributed by atoms with van der Waals surface area (Å²) in [6, 6.07) is 8.24. The average molecular weight is 653 g/mol. The number of pyridine rings is 2. The molecule has 0 saturated carbocycles. The van der Waals surface area contributed by atoms with Gasteiger partial charge in [-0.05, 0) is 84.1 Å². The molecule has 1 saturated heterocycles. The van der Waals surface area contributed by atoms with Crippen LogP contribution in [0.15, 0.2) is 42.7 Å². The van der Waals surface area contributed by atoms with Crippen molar-refractivity contribution in [1.82, 2.24) is 9.97 Å². The number of benzene rings is 1. The minimum Gasteiger partial charge on any atom is -0.493 e. The molecule has 1 aromatic carbocycles. The molecule has 3 heterocycles. The van der Waals surface area contributed by atoms with Crippen LogP contribution < -0.4 is 19.3 Å². The predicted molar refractivity (Wildman–Crippen MR) is 186 cm³/mol. The van der Waals surface area contributed by atoms with Gasteiger partial charge < -0.3 is 29.1 Å². The summed E-state index contributed by atoms with van der Waals surface area (Å²) < 4.78 is 30.1. The topological polar surface area (TPSA) is 97.2 Å². The first-order valence-electron chi connectivity index (χ1n) is 16.3. The molecule has 1 aliphatic rings. The Morgan fingerprint density at radius 3 is 2.32 bits per heavy atom. The number of nitrogens with zero attached hydrogens (tertiary/aromatic N) is 4. The third kappa shape index (κ3) is 11.7. The number of carbonyl (C=O) groups excluding carboxylic acids is 1. The lowest BCUT2D eigenvalue weighted by Crippen LogP contribution is -2.38. The van der Waals surface area contributed by atoms with Gasteiger partial charge in [0.2, 0.25) is 0 Å². The largest absolute Gasteiger partial charge is 0.493 e. The van der Waals surface area contributed by atoms with Gasteiger partial charge in [0.05, 0.1) is 55.0 Å². The smallest absolute Gasteiger partial charge is 0.310 e. The molecule has 0 radical (unpaired) electrons. The van der Waals surface area contributed by atoms with E-state index in [1.54, 1.807) is 26.8 Å². The molecule has 47 heavy (non-hydrogen) atoms. The first kappa shape index (κ1) is 37.5. The highest BCUT2D eigenvalue weighted by Crippen LogP contribution is 2.39. The highest BCUT2D eigenvalue weighted by Gasteiger charge is 2.30. The molecular weight excluding hydrogens is 599 g/mol. The van der Waals surface area contributed by atoms with Gasteiger partial charge >= 0.3 is 5.97 Å². The third-order valence-corrected chi connectivity index (χ3v) is 7.76. The maximum Gasteiger partial charge on any atom is 0.310 e. The first-order valence-corrected chi connectivity index (χ1v) is 16.3. The van der Waals surface area contributed by atoms with E-state index >= 15 is 0 Å². The summed E-state index contributed by atoms with van der Waals surface area (Å²) in [7, 11) is 3.46. The lowest BCUT2D eigenvalue weighted by molar-refractivity contribution is -0.146. The normalized spacial score (nSPS) is 14.3. The molecule has 0 amide bonds. The second-order valence-electron chi connectivity index (χ2n) is 14.1. The molecule has 0 bridgehead atoms. The Bertz CT molecular complexity index is 1450. The molecule has 4 rings (SSSR count). The molecule has 2 aromatic heterocycles. The summed E-state index contributed by atoms with van der Waals surface area (Å²) in [5.74, 6) is 0.229. The number of likely N-dealkylation sites (N-methyl/N-ethyl adjacent to an activating group) is 1. The van der Waals surface area contributed by atoms with E-state index in [0.29, 0.717) is 24.7 Å². The minimum absolute atomic E-state index is 0.166. The Balaban J connectivity index is 0.00000111. The number of aromatic nitrogens is 2. The number of hydrogen-bond donors (Lipinski definition) is 1. The first-order chi connectivity index (χ1) is 22.0. The van der Waals surface area contributed by atoms with Crippen molar-refractivity contribution in [2.75, 3.05) is 50.2 Å². The van der Waals surface area contributed by atoms with Crippen LogP contribution in [0, 0.1) is 18.2 Å². The van der Waals surface area contributed by atoms with Crippen molar-refractivity contribution in [3.63, 3.8) is 0 Å². The van der Waals surface area contributed by atoms with Gasteiger partial charge in [-0.3, -0.25) is 14.8 Å². The number of hydrogen-bond acceptors (Lipinski definition) is 9. The van der Waals surface area contributed by atoms with Crippen LogP contribution in [0.5, 0.6) is 11.5 Å². The van der Waals surface area contributed by atoms with E-state index in [9.17, 15) is 9.18 Å². The highest BCUT2D eigenvalue weighted by atomic mass is 19.1. The van der Waals surface area contributed by atoms with Crippen molar-refractivity contribution in [1.29, 1.82) is 0 Å². The van der Waals surface area contributed by atoms with Gasteiger partial charge in [0, 0.05) is 49.2 Å². The molecule has 0 unspecified atom stereocenters. The monoisotopic (exact) mass is 652 g/mol. The van der Waals surface area contributed by atoms with E-state index < -0.39 is 5.60 Å².